The number of imidazole rings is 1. The SMILES string of the molecule is CCCCCCCCCCCCCCCCCCn1cc[n+](CCCCCCCCCCCCCCCCC)c1CCCCCCCCCCCCCCCCC. The molecule has 0 aliphatic carbocycles. The van der Waals surface area contributed by atoms with Gasteiger partial charge in [0.1, 0.15) is 12.4 Å². The Balaban J connectivity index is 2.25. The maximum absolute atomic E-state index is 2.67. The minimum atomic E-state index is 1.23. The van der Waals surface area contributed by atoms with E-state index < -0.39 is 0 Å². The van der Waals surface area contributed by atoms with Crippen LogP contribution in [-0.4, -0.2) is 4.57 Å². The van der Waals surface area contributed by atoms with Crippen molar-refractivity contribution in [2.75, 3.05) is 0 Å². The fourth-order valence-electron chi connectivity index (χ4n) is 9.33. The summed E-state index contributed by atoms with van der Waals surface area (Å²) >= 11 is 0. The van der Waals surface area contributed by atoms with Crippen molar-refractivity contribution in [1.29, 1.82) is 0 Å². The zero-order valence-electron chi connectivity index (χ0n) is 40.2. The van der Waals surface area contributed by atoms with Crippen molar-refractivity contribution in [1.82, 2.24) is 4.57 Å². The molecular formula is C55H109N2+. The largest absolute Gasteiger partial charge is 0.256 e. The molecule has 0 radical (unpaired) electrons. The van der Waals surface area contributed by atoms with Gasteiger partial charge in [-0.25, -0.2) is 9.13 Å². The monoisotopic (exact) mass is 798 g/mol. The summed E-state index contributed by atoms with van der Waals surface area (Å²) in [6.45, 7) is 9.42. The zero-order chi connectivity index (χ0) is 40.8. The molecule has 338 valence electrons. The van der Waals surface area contributed by atoms with Crippen LogP contribution in [0, 0.1) is 0 Å². The molecule has 0 unspecified atom stereocenters. The van der Waals surface area contributed by atoms with E-state index in [4.69, 9.17) is 0 Å². The Kier molecular flexibility index (Phi) is 44.0. The summed E-state index contributed by atoms with van der Waals surface area (Å²) in [6, 6.07) is 0. The number of aryl methyl sites for hydroxylation is 2. The summed E-state index contributed by atoms with van der Waals surface area (Å²) in [7, 11) is 0. The van der Waals surface area contributed by atoms with Crippen LogP contribution in [0.15, 0.2) is 12.4 Å². The normalized spacial score (nSPS) is 11.7. The molecule has 0 N–H and O–H groups in total. The Bertz CT molecular complexity index is 872. The second kappa shape index (κ2) is 46.3. The Hall–Kier alpha value is -0.790. The van der Waals surface area contributed by atoms with Gasteiger partial charge in [-0.2, -0.15) is 0 Å². The molecule has 1 aromatic heterocycles. The minimum absolute atomic E-state index is 1.23. The molecule has 0 spiro atoms. The third kappa shape index (κ3) is 37.9. The molecule has 1 heterocycles. The molecule has 0 bridgehead atoms. The van der Waals surface area contributed by atoms with E-state index in [1.807, 2.05) is 0 Å². The summed E-state index contributed by atoms with van der Waals surface area (Å²) in [5.74, 6) is 1.64. The molecule has 57 heavy (non-hydrogen) atoms. The van der Waals surface area contributed by atoms with E-state index in [-0.39, 0.29) is 0 Å². The van der Waals surface area contributed by atoms with Crippen LogP contribution in [0.4, 0.5) is 0 Å². The van der Waals surface area contributed by atoms with E-state index in [9.17, 15) is 0 Å². The van der Waals surface area contributed by atoms with Crippen LogP contribution in [0.1, 0.15) is 322 Å². The Morgan fingerprint density at radius 1 is 0.298 bits per heavy atom. The molecule has 1 rings (SSSR count). The van der Waals surface area contributed by atoms with Gasteiger partial charge in [-0.3, -0.25) is 0 Å². The lowest BCUT2D eigenvalue weighted by atomic mass is 10.0. The fraction of sp³-hybridized carbons (Fsp3) is 0.945. The molecule has 0 aromatic carbocycles. The highest BCUT2D eigenvalue weighted by Gasteiger charge is 2.16. The van der Waals surface area contributed by atoms with E-state index in [2.05, 4.69) is 42.3 Å². The summed E-state index contributed by atoms with van der Waals surface area (Å²) in [5, 5.41) is 0. The van der Waals surface area contributed by atoms with Crippen molar-refractivity contribution in [2.45, 2.75) is 336 Å². The average Bonchev–Trinajstić information content (AvgIpc) is 3.61. The summed E-state index contributed by atoms with van der Waals surface area (Å²) < 4.78 is 5.33. The van der Waals surface area contributed by atoms with Crippen LogP contribution in [0.2, 0.25) is 0 Å². The average molecular weight is 798 g/mol. The van der Waals surface area contributed by atoms with E-state index in [0.717, 1.165) is 0 Å². The predicted octanol–water partition coefficient (Wildman–Crippen LogP) is 19.3. The van der Waals surface area contributed by atoms with Crippen molar-refractivity contribution in [3.8, 4) is 0 Å². The van der Waals surface area contributed by atoms with Crippen molar-refractivity contribution in [3.05, 3.63) is 18.2 Å². The van der Waals surface area contributed by atoms with Gasteiger partial charge in [-0.05, 0) is 32.1 Å². The lowest BCUT2D eigenvalue weighted by Gasteiger charge is -2.07. The van der Waals surface area contributed by atoms with E-state index in [1.165, 1.54) is 315 Å². The molecule has 0 amide bonds. The Labute approximate surface area is 361 Å². The Morgan fingerprint density at radius 3 is 0.842 bits per heavy atom. The molecule has 0 fully saturated rings. The van der Waals surface area contributed by atoms with E-state index in [0.29, 0.717) is 0 Å². The first-order chi connectivity index (χ1) is 28.3. The molecule has 0 aliphatic heterocycles. The second-order valence-corrected chi connectivity index (χ2v) is 19.1. The molecule has 0 saturated heterocycles. The summed E-state index contributed by atoms with van der Waals surface area (Å²) in [5.41, 5.74) is 0. The quantitative estimate of drug-likeness (QED) is 0.0459. The topological polar surface area (TPSA) is 8.81 Å². The van der Waals surface area contributed by atoms with Crippen LogP contribution < -0.4 is 4.57 Å². The van der Waals surface area contributed by atoms with Gasteiger partial charge in [0.25, 0.3) is 5.82 Å². The predicted molar refractivity (Wildman–Crippen MR) is 258 cm³/mol. The fourth-order valence-corrected chi connectivity index (χ4v) is 9.33. The van der Waals surface area contributed by atoms with Crippen molar-refractivity contribution in [3.63, 3.8) is 0 Å². The van der Waals surface area contributed by atoms with Crippen LogP contribution in [0.3, 0.4) is 0 Å². The molecule has 2 heteroatoms. The lowest BCUT2D eigenvalue weighted by molar-refractivity contribution is -0.704. The van der Waals surface area contributed by atoms with E-state index >= 15 is 0 Å². The van der Waals surface area contributed by atoms with Crippen molar-refractivity contribution >= 4 is 0 Å². The van der Waals surface area contributed by atoms with Gasteiger partial charge >= 0.3 is 0 Å². The van der Waals surface area contributed by atoms with Crippen LogP contribution in [-0.2, 0) is 19.5 Å². The molecule has 2 nitrogen and oxygen atoms in total. The first-order valence-corrected chi connectivity index (χ1v) is 27.4. The maximum atomic E-state index is 2.67. The molecule has 0 aliphatic rings. The van der Waals surface area contributed by atoms with Gasteiger partial charge in [0.2, 0.25) is 0 Å². The summed E-state index contributed by atoms with van der Waals surface area (Å²) in [4.78, 5) is 0. The van der Waals surface area contributed by atoms with Crippen LogP contribution in [0.25, 0.3) is 0 Å². The van der Waals surface area contributed by atoms with E-state index in [1.54, 1.807) is 5.82 Å². The maximum Gasteiger partial charge on any atom is 0.256 e. The highest BCUT2D eigenvalue weighted by atomic mass is 15.1. The highest BCUT2D eigenvalue weighted by Crippen LogP contribution is 2.18. The van der Waals surface area contributed by atoms with Gasteiger partial charge in [0.05, 0.1) is 13.1 Å². The molecular weight excluding hydrogens is 689 g/mol. The number of unbranched alkanes of at least 4 members (excludes halogenated alkanes) is 43. The van der Waals surface area contributed by atoms with Gasteiger partial charge < -0.3 is 0 Å². The summed E-state index contributed by atoms with van der Waals surface area (Å²) in [6.07, 6.45) is 72.8. The van der Waals surface area contributed by atoms with Crippen molar-refractivity contribution in [2.24, 2.45) is 0 Å². The first-order valence-electron chi connectivity index (χ1n) is 27.4. The van der Waals surface area contributed by atoms with Gasteiger partial charge in [0.15, 0.2) is 0 Å². The number of rotatable bonds is 49. The third-order valence-corrected chi connectivity index (χ3v) is 13.3. The standard InChI is InChI=1S/C55H109N2/c1-4-7-10-13-16-19-22-25-28-31-34-37-40-43-46-49-52-57-54-53-56(51-48-45-42-39-36-33-30-27-24-21-18-15-12-9-6-3)55(57)50-47-44-41-38-35-32-29-26-23-20-17-14-11-8-5-2/h53-54H,4-52H2,1-3H3/q+1. The number of nitrogens with zero attached hydrogens (tertiary/aromatic N) is 2. The van der Waals surface area contributed by atoms with Crippen LogP contribution >= 0.6 is 0 Å². The Morgan fingerprint density at radius 2 is 0.544 bits per heavy atom. The first kappa shape index (κ1) is 54.2. The molecule has 0 atom stereocenters. The second-order valence-electron chi connectivity index (χ2n) is 19.1. The third-order valence-electron chi connectivity index (χ3n) is 13.3. The van der Waals surface area contributed by atoms with Gasteiger partial charge in [0, 0.05) is 6.42 Å². The van der Waals surface area contributed by atoms with Gasteiger partial charge in [-0.15, -0.1) is 0 Å². The smallest absolute Gasteiger partial charge is 0.234 e. The number of aromatic nitrogens is 2. The van der Waals surface area contributed by atoms with Crippen LogP contribution in [0.5, 0.6) is 0 Å². The minimum Gasteiger partial charge on any atom is -0.234 e. The van der Waals surface area contributed by atoms with Crippen molar-refractivity contribution < 1.29 is 4.57 Å². The lowest BCUT2D eigenvalue weighted by Crippen LogP contribution is -2.37. The zero-order valence-corrected chi connectivity index (χ0v) is 40.2. The number of hydrogen-bond donors (Lipinski definition) is 0. The molecule has 1 aromatic rings. The number of hydrogen-bond acceptors (Lipinski definition) is 0. The highest BCUT2D eigenvalue weighted by molar-refractivity contribution is 4.84. The molecule has 0 saturated carbocycles. The van der Waals surface area contributed by atoms with Gasteiger partial charge in [-0.1, -0.05) is 284 Å².